The molecule has 3 unspecified atom stereocenters. The SMILES string of the molecule is C1CCC(C2NCCC3CCCCC32)CC1. The summed E-state index contributed by atoms with van der Waals surface area (Å²) in [5.41, 5.74) is 0. The average molecular weight is 221 g/mol. The molecule has 1 N–H and O–H groups in total. The summed E-state index contributed by atoms with van der Waals surface area (Å²) in [7, 11) is 0. The Balaban J connectivity index is 1.67. The van der Waals surface area contributed by atoms with Crippen LogP contribution in [0.15, 0.2) is 0 Å². The molecule has 0 bridgehead atoms. The number of piperidine rings is 1. The molecule has 92 valence electrons. The summed E-state index contributed by atoms with van der Waals surface area (Å²) in [5, 5.41) is 3.89. The van der Waals surface area contributed by atoms with Crippen LogP contribution in [0.3, 0.4) is 0 Å². The smallest absolute Gasteiger partial charge is 0.0126 e. The van der Waals surface area contributed by atoms with E-state index < -0.39 is 0 Å². The molecule has 1 heterocycles. The molecule has 0 amide bonds. The molecular formula is C15H27N. The third-order valence-corrected chi connectivity index (χ3v) is 5.48. The van der Waals surface area contributed by atoms with E-state index >= 15 is 0 Å². The fourth-order valence-electron chi connectivity index (χ4n) is 4.66. The van der Waals surface area contributed by atoms with E-state index in [1.807, 2.05) is 0 Å². The van der Waals surface area contributed by atoms with E-state index in [1.54, 1.807) is 0 Å². The van der Waals surface area contributed by atoms with Crippen molar-refractivity contribution in [3.8, 4) is 0 Å². The van der Waals surface area contributed by atoms with Crippen LogP contribution in [-0.2, 0) is 0 Å². The molecule has 0 aromatic heterocycles. The number of rotatable bonds is 1. The Labute approximate surface area is 100 Å². The van der Waals surface area contributed by atoms with Crippen molar-refractivity contribution in [3.05, 3.63) is 0 Å². The molecule has 16 heavy (non-hydrogen) atoms. The van der Waals surface area contributed by atoms with Crippen molar-refractivity contribution >= 4 is 0 Å². The highest BCUT2D eigenvalue weighted by Gasteiger charge is 2.38. The maximum Gasteiger partial charge on any atom is 0.0126 e. The first-order valence-corrected chi connectivity index (χ1v) is 7.68. The predicted molar refractivity (Wildman–Crippen MR) is 68.4 cm³/mol. The predicted octanol–water partition coefficient (Wildman–Crippen LogP) is 3.74. The molecule has 0 spiro atoms. The minimum absolute atomic E-state index is 0.902. The third-order valence-electron chi connectivity index (χ3n) is 5.48. The molecule has 1 aliphatic heterocycles. The van der Waals surface area contributed by atoms with Crippen LogP contribution >= 0.6 is 0 Å². The largest absolute Gasteiger partial charge is 0.313 e. The molecule has 1 heteroatoms. The second kappa shape index (κ2) is 5.08. The fourth-order valence-corrected chi connectivity index (χ4v) is 4.66. The third kappa shape index (κ3) is 2.16. The van der Waals surface area contributed by atoms with Gasteiger partial charge in [-0.3, -0.25) is 0 Å². The molecule has 2 saturated carbocycles. The molecule has 3 aliphatic rings. The second-order valence-corrected chi connectivity index (χ2v) is 6.38. The number of hydrogen-bond acceptors (Lipinski definition) is 1. The van der Waals surface area contributed by atoms with Crippen LogP contribution in [0.1, 0.15) is 64.2 Å². The van der Waals surface area contributed by atoms with Crippen molar-refractivity contribution in [1.29, 1.82) is 0 Å². The van der Waals surface area contributed by atoms with Crippen molar-refractivity contribution < 1.29 is 0 Å². The first-order valence-electron chi connectivity index (χ1n) is 7.68. The first-order chi connectivity index (χ1) is 7.95. The van der Waals surface area contributed by atoms with Gasteiger partial charge in [-0.1, -0.05) is 38.5 Å². The molecule has 3 fully saturated rings. The van der Waals surface area contributed by atoms with Gasteiger partial charge in [-0.05, 0) is 50.0 Å². The Morgan fingerprint density at radius 1 is 0.625 bits per heavy atom. The second-order valence-electron chi connectivity index (χ2n) is 6.38. The van der Waals surface area contributed by atoms with Gasteiger partial charge in [0, 0.05) is 6.04 Å². The summed E-state index contributed by atoms with van der Waals surface area (Å²) in [6, 6.07) is 0.902. The van der Waals surface area contributed by atoms with Crippen LogP contribution in [0.25, 0.3) is 0 Å². The van der Waals surface area contributed by atoms with Gasteiger partial charge in [0.2, 0.25) is 0 Å². The first kappa shape index (κ1) is 11.1. The molecule has 3 rings (SSSR count). The lowest BCUT2D eigenvalue weighted by molar-refractivity contribution is 0.0849. The number of nitrogens with one attached hydrogen (secondary N) is 1. The maximum atomic E-state index is 3.89. The molecule has 0 radical (unpaired) electrons. The fraction of sp³-hybridized carbons (Fsp3) is 1.00. The van der Waals surface area contributed by atoms with Crippen LogP contribution in [0.4, 0.5) is 0 Å². The zero-order chi connectivity index (χ0) is 10.8. The molecular weight excluding hydrogens is 194 g/mol. The Hall–Kier alpha value is -0.0400. The normalized spacial score (nSPS) is 41.6. The van der Waals surface area contributed by atoms with Crippen molar-refractivity contribution in [2.75, 3.05) is 6.54 Å². The minimum atomic E-state index is 0.902. The van der Waals surface area contributed by atoms with Crippen LogP contribution in [0.2, 0.25) is 0 Å². The summed E-state index contributed by atoms with van der Waals surface area (Å²) >= 11 is 0. The van der Waals surface area contributed by atoms with Crippen molar-refractivity contribution in [2.45, 2.75) is 70.3 Å². The van der Waals surface area contributed by atoms with Gasteiger partial charge in [0.15, 0.2) is 0 Å². The van der Waals surface area contributed by atoms with E-state index in [2.05, 4.69) is 5.32 Å². The number of hydrogen-bond donors (Lipinski definition) is 1. The molecule has 1 nitrogen and oxygen atoms in total. The molecule has 0 aromatic rings. The summed E-state index contributed by atoms with van der Waals surface area (Å²) in [4.78, 5) is 0. The van der Waals surface area contributed by atoms with E-state index in [0.717, 1.165) is 23.8 Å². The van der Waals surface area contributed by atoms with Crippen molar-refractivity contribution in [1.82, 2.24) is 5.32 Å². The highest BCUT2D eigenvalue weighted by Crippen LogP contribution is 2.41. The lowest BCUT2D eigenvalue weighted by Gasteiger charge is -2.46. The minimum Gasteiger partial charge on any atom is -0.313 e. The monoisotopic (exact) mass is 221 g/mol. The van der Waals surface area contributed by atoms with Gasteiger partial charge in [0.25, 0.3) is 0 Å². The van der Waals surface area contributed by atoms with Gasteiger partial charge < -0.3 is 5.32 Å². The van der Waals surface area contributed by atoms with E-state index in [9.17, 15) is 0 Å². The molecule has 0 aromatic carbocycles. The molecule has 1 saturated heterocycles. The topological polar surface area (TPSA) is 12.0 Å². The molecule has 2 aliphatic carbocycles. The average Bonchev–Trinajstić information content (AvgIpc) is 2.39. The standard InChI is InChI=1S/C15H27N/c1-2-7-13(8-3-1)15-14-9-5-4-6-12(14)10-11-16-15/h12-16H,1-11H2. The zero-order valence-corrected chi connectivity index (χ0v) is 10.6. The summed E-state index contributed by atoms with van der Waals surface area (Å²) in [6.45, 7) is 1.31. The molecule has 3 atom stereocenters. The van der Waals surface area contributed by atoms with Crippen LogP contribution in [-0.4, -0.2) is 12.6 Å². The van der Waals surface area contributed by atoms with Crippen LogP contribution in [0.5, 0.6) is 0 Å². The van der Waals surface area contributed by atoms with E-state index in [-0.39, 0.29) is 0 Å². The van der Waals surface area contributed by atoms with Gasteiger partial charge in [-0.25, -0.2) is 0 Å². The van der Waals surface area contributed by atoms with Crippen molar-refractivity contribution in [3.63, 3.8) is 0 Å². The summed E-state index contributed by atoms with van der Waals surface area (Å²) < 4.78 is 0. The zero-order valence-electron chi connectivity index (χ0n) is 10.6. The van der Waals surface area contributed by atoms with Crippen molar-refractivity contribution in [2.24, 2.45) is 17.8 Å². The highest BCUT2D eigenvalue weighted by atomic mass is 14.9. The number of fused-ring (bicyclic) bond motifs is 1. The Bertz CT molecular complexity index is 217. The van der Waals surface area contributed by atoms with Gasteiger partial charge in [-0.15, -0.1) is 0 Å². The van der Waals surface area contributed by atoms with Gasteiger partial charge in [-0.2, -0.15) is 0 Å². The lowest BCUT2D eigenvalue weighted by atomic mass is 9.66. The Kier molecular flexibility index (Phi) is 3.51. The van der Waals surface area contributed by atoms with E-state index in [0.29, 0.717) is 0 Å². The van der Waals surface area contributed by atoms with Gasteiger partial charge in [0.05, 0.1) is 0 Å². The lowest BCUT2D eigenvalue weighted by Crippen LogP contribution is -2.51. The Morgan fingerprint density at radius 2 is 1.31 bits per heavy atom. The van der Waals surface area contributed by atoms with Gasteiger partial charge >= 0.3 is 0 Å². The quantitative estimate of drug-likeness (QED) is 0.711. The summed E-state index contributed by atoms with van der Waals surface area (Å²) in [6.07, 6.45) is 15.1. The van der Waals surface area contributed by atoms with Crippen LogP contribution in [0, 0.1) is 17.8 Å². The highest BCUT2D eigenvalue weighted by molar-refractivity contribution is 4.93. The maximum absolute atomic E-state index is 3.89. The summed E-state index contributed by atoms with van der Waals surface area (Å²) in [5.74, 6) is 3.16. The van der Waals surface area contributed by atoms with E-state index in [4.69, 9.17) is 0 Å². The van der Waals surface area contributed by atoms with Gasteiger partial charge in [0.1, 0.15) is 0 Å². The van der Waals surface area contributed by atoms with Crippen LogP contribution < -0.4 is 5.32 Å². The van der Waals surface area contributed by atoms with E-state index in [1.165, 1.54) is 70.8 Å². The Morgan fingerprint density at radius 3 is 2.19 bits per heavy atom.